The first-order valence-electron chi connectivity index (χ1n) is 10.3. The highest BCUT2D eigenvalue weighted by atomic mass is 16.2. The Kier molecular flexibility index (Phi) is 5.20. The summed E-state index contributed by atoms with van der Waals surface area (Å²) in [6.07, 6.45) is 5.89. The van der Waals surface area contributed by atoms with Gasteiger partial charge in [-0.2, -0.15) is 5.10 Å². The zero-order valence-corrected chi connectivity index (χ0v) is 17.1. The van der Waals surface area contributed by atoms with Crippen molar-refractivity contribution in [3.63, 3.8) is 0 Å². The third kappa shape index (κ3) is 4.00. The number of aromatic amines is 1. The highest BCUT2D eigenvalue weighted by molar-refractivity contribution is 5.91. The van der Waals surface area contributed by atoms with Crippen molar-refractivity contribution in [2.75, 3.05) is 23.3 Å². The fourth-order valence-corrected chi connectivity index (χ4v) is 3.80. The Balaban J connectivity index is 1.21. The molecule has 5 rings (SSSR count). The summed E-state index contributed by atoms with van der Waals surface area (Å²) in [6.45, 7) is 1.38. The van der Waals surface area contributed by atoms with Gasteiger partial charge in [0.2, 0.25) is 5.91 Å². The van der Waals surface area contributed by atoms with Gasteiger partial charge in [-0.1, -0.05) is 18.2 Å². The molecule has 0 unspecified atom stereocenters. The van der Waals surface area contributed by atoms with Crippen molar-refractivity contribution in [2.45, 2.75) is 12.8 Å². The molecule has 0 atom stereocenters. The molecule has 2 N–H and O–H groups in total. The molecule has 11 nitrogen and oxygen atoms in total. The molecule has 1 aliphatic rings. The Morgan fingerprint density at radius 3 is 2.56 bits per heavy atom. The van der Waals surface area contributed by atoms with Crippen LogP contribution in [0.4, 0.5) is 11.6 Å². The lowest BCUT2D eigenvalue weighted by Gasteiger charge is -2.32. The van der Waals surface area contributed by atoms with E-state index in [4.69, 9.17) is 0 Å². The number of hydrogen-bond donors (Lipinski definition) is 2. The molecule has 32 heavy (non-hydrogen) atoms. The van der Waals surface area contributed by atoms with Gasteiger partial charge < -0.3 is 10.2 Å². The summed E-state index contributed by atoms with van der Waals surface area (Å²) in [5.74, 6) is 1.57. The Morgan fingerprint density at radius 2 is 1.81 bits per heavy atom. The summed E-state index contributed by atoms with van der Waals surface area (Å²) >= 11 is 0. The van der Waals surface area contributed by atoms with Crippen LogP contribution in [0.25, 0.3) is 11.5 Å². The number of nitrogens with zero attached hydrogens (tertiary/aromatic N) is 7. The fraction of sp³-hybridized carbons (Fsp3) is 0.238. The average molecular weight is 431 g/mol. The van der Waals surface area contributed by atoms with E-state index in [0.717, 1.165) is 5.82 Å². The van der Waals surface area contributed by atoms with E-state index in [-0.39, 0.29) is 17.4 Å². The van der Waals surface area contributed by atoms with Crippen LogP contribution in [0.2, 0.25) is 0 Å². The van der Waals surface area contributed by atoms with Gasteiger partial charge in [-0.05, 0) is 25.0 Å². The van der Waals surface area contributed by atoms with Gasteiger partial charge in [0.15, 0.2) is 5.82 Å². The Bertz CT molecular complexity index is 1260. The first kappa shape index (κ1) is 19.7. The Hall–Kier alpha value is -4.28. The quantitative estimate of drug-likeness (QED) is 0.489. The standard InChI is InChI=1S/C21H21N9O2/c31-20-10-17(27-30(20)16-4-2-1-3-5-16)26-21(32)15-6-8-28(9-7-15)18-11-19(24-13-23-18)29-14-22-12-25-29/h1-5,10-15,27H,6-9H2,(H,26,32). The number of carbonyl (C=O) groups excluding carboxylic acids is 1. The number of rotatable bonds is 5. The van der Waals surface area contributed by atoms with Crippen molar-refractivity contribution < 1.29 is 4.79 Å². The number of hydrogen-bond acceptors (Lipinski definition) is 7. The minimum Gasteiger partial charge on any atom is -0.356 e. The number of aromatic nitrogens is 7. The molecule has 4 aromatic rings. The van der Waals surface area contributed by atoms with Gasteiger partial charge in [-0.25, -0.2) is 24.3 Å². The maximum atomic E-state index is 12.8. The molecule has 4 heterocycles. The normalized spacial score (nSPS) is 14.4. The molecule has 1 amide bonds. The van der Waals surface area contributed by atoms with E-state index in [1.165, 1.54) is 23.4 Å². The lowest BCUT2D eigenvalue weighted by Crippen LogP contribution is -2.38. The predicted molar refractivity (Wildman–Crippen MR) is 117 cm³/mol. The molecule has 1 aromatic carbocycles. The second-order valence-corrected chi connectivity index (χ2v) is 7.50. The second-order valence-electron chi connectivity index (χ2n) is 7.50. The molecule has 1 saturated heterocycles. The van der Waals surface area contributed by atoms with Gasteiger partial charge >= 0.3 is 0 Å². The number of carbonyl (C=O) groups is 1. The maximum Gasteiger partial charge on any atom is 0.273 e. The van der Waals surface area contributed by atoms with Crippen molar-refractivity contribution >= 4 is 17.5 Å². The molecule has 162 valence electrons. The lowest BCUT2D eigenvalue weighted by molar-refractivity contribution is -0.120. The van der Waals surface area contributed by atoms with Gasteiger partial charge in [0, 0.05) is 31.1 Å². The van der Waals surface area contributed by atoms with Gasteiger partial charge in [0.05, 0.1) is 5.69 Å². The molecular weight excluding hydrogens is 410 g/mol. The van der Waals surface area contributed by atoms with Gasteiger partial charge in [-0.3, -0.25) is 14.7 Å². The second kappa shape index (κ2) is 8.46. The monoisotopic (exact) mass is 431 g/mol. The first-order valence-corrected chi connectivity index (χ1v) is 10.3. The lowest BCUT2D eigenvalue weighted by atomic mass is 9.96. The molecule has 0 saturated carbocycles. The minimum absolute atomic E-state index is 0.0999. The van der Waals surface area contributed by atoms with E-state index in [1.54, 1.807) is 11.0 Å². The van der Waals surface area contributed by atoms with Crippen LogP contribution in [-0.4, -0.2) is 53.5 Å². The molecule has 3 aromatic heterocycles. The summed E-state index contributed by atoms with van der Waals surface area (Å²) in [6, 6.07) is 12.5. The van der Waals surface area contributed by atoms with Crippen LogP contribution >= 0.6 is 0 Å². The SMILES string of the molecule is O=C(Nc1cc(=O)n(-c2ccccc2)[nH]1)C1CCN(c2cc(-n3cncn3)ncn2)CC1. The molecule has 0 bridgehead atoms. The largest absolute Gasteiger partial charge is 0.356 e. The van der Waals surface area contributed by atoms with Crippen LogP contribution in [0.1, 0.15) is 12.8 Å². The summed E-state index contributed by atoms with van der Waals surface area (Å²) in [5.41, 5.74) is 0.481. The summed E-state index contributed by atoms with van der Waals surface area (Å²) in [7, 11) is 0. The highest BCUT2D eigenvalue weighted by Gasteiger charge is 2.26. The number of anilines is 2. The van der Waals surface area contributed by atoms with E-state index in [9.17, 15) is 9.59 Å². The number of H-pyrrole nitrogens is 1. The van der Waals surface area contributed by atoms with E-state index >= 15 is 0 Å². The van der Waals surface area contributed by atoms with Crippen molar-refractivity contribution in [3.05, 3.63) is 71.8 Å². The molecule has 1 fully saturated rings. The topological polar surface area (TPSA) is 127 Å². The number of para-hydroxylation sites is 1. The van der Waals surface area contributed by atoms with E-state index in [1.807, 2.05) is 36.4 Å². The third-order valence-electron chi connectivity index (χ3n) is 5.47. The van der Waals surface area contributed by atoms with Crippen molar-refractivity contribution in [1.82, 2.24) is 34.5 Å². The maximum absolute atomic E-state index is 12.8. The van der Waals surface area contributed by atoms with E-state index in [0.29, 0.717) is 43.3 Å². The molecule has 1 aliphatic heterocycles. The minimum atomic E-state index is -0.228. The zero-order valence-electron chi connectivity index (χ0n) is 17.1. The third-order valence-corrected chi connectivity index (χ3v) is 5.47. The van der Waals surface area contributed by atoms with Crippen LogP contribution in [-0.2, 0) is 4.79 Å². The molecule has 11 heteroatoms. The predicted octanol–water partition coefficient (Wildman–Crippen LogP) is 1.39. The van der Waals surface area contributed by atoms with Crippen molar-refractivity contribution in [2.24, 2.45) is 5.92 Å². The summed E-state index contributed by atoms with van der Waals surface area (Å²) in [4.78, 5) is 39.7. The smallest absolute Gasteiger partial charge is 0.273 e. The van der Waals surface area contributed by atoms with Crippen LogP contribution in [0, 0.1) is 5.92 Å². The van der Waals surface area contributed by atoms with Crippen LogP contribution < -0.4 is 15.8 Å². The molecular formula is C21H21N9O2. The van der Waals surface area contributed by atoms with Gasteiger partial charge in [-0.15, -0.1) is 0 Å². The van der Waals surface area contributed by atoms with Crippen LogP contribution in [0.5, 0.6) is 0 Å². The van der Waals surface area contributed by atoms with Crippen LogP contribution in [0.3, 0.4) is 0 Å². The molecule has 0 radical (unpaired) electrons. The number of amides is 1. The molecule has 0 spiro atoms. The summed E-state index contributed by atoms with van der Waals surface area (Å²) < 4.78 is 2.98. The van der Waals surface area contributed by atoms with Gasteiger partial charge in [0.1, 0.15) is 30.6 Å². The zero-order chi connectivity index (χ0) is 21.9. The molecule has 0 aliphatic carbocycles. The fourth-order valence-electron chi connectivity index (χ4n) is 3.80. The van der Waals surface area contributed by atoms with Crippen molar-refractivity contribution in [3.8, 4) is 11.5 Å². The van der Waals surface area contributed by atoms with Crippen molar-refractivity contribution in [1.29, 1.82) is 0 Å². The Labute approximate surface area is 182 Å². The van der Waals surface area contributed by atoms with E-state index in [2.05, 4.69) is 35.4 Å². The Morgan fingerprint density at radius 1 is 1.03 bits per heavy atom. The number of piperidine rings is 1. The van der Waals surface area contributed by atoms with Gasteiger partial charge in [0.25, 0.3) is 5.56 Å². The van der Waals surface area contributed by atoms with Crippen LogP contribution in [0.15, 0.2) is 66.2 Å². The van der Waals surface area contributed by atoms with E-state index < -0.39 is 0 Å². The number of nitrogens with one attached hydrogen (secondary N) is 2. The highest BCUT2D eigenvalue weighted by Crippen LogP contribution is 2.23. The summed E-state index contributed by atoms with van der Waals surface area (Å²) in [5, 5.41) is 9.89. The number of benzene rings is 1. The average Bonchev–Trinajstić information content (AvgIpc) is 3.50. The first-order chi connectivity index (χ1) is 15.7.